The van der Waals surface area contributed by atoms with Gasteiger partial charge in [-0.25, -0.2) is 0 Å². The number of carbonyl (C=O) groups is 1. The molecule has 0 aliphatic heterocycles. The van der Waals surface area contributed by atoms with Gasteiger partial charge >= 0.3 is 0 Å². The summed E-state index contributed by atoms with van der Waals surface area (Å²) in [6.45, 7) is 2.72. The Balaban J connectivity index is 2.02. The fraction of sp³-hybridized carbons (Fsp3) is 0.562. The molecule has 0 heterocycles. The van der Waals surface area contributed by atoms with Gasteiger partial charge in [-0.2, -0.15) is 0 Å². The van der Waals surface area contributed by atoms with Crippen LogP contribution >= 0.6 is 0 Å². The van der Waals surface area contributed by atoms with E-state index in [0.717, 1.165) is 18.4 Å². The fourth-order valence-electron chi connectivity index (χ4n) is 2.63. The van der Waals surface area contributed by atoms with Crippen LogP contribution in [0.2, 0.25) is 0 Å². The highest BCUT2D eigenvalue weighted by Gasteiger charge is 2.17. The van der Waals surface area contributed by atoms with E-state index in [4.69, 9.17) is 5.11 Å². The Kier molecular flexibility index (Phi) is 5.11. The number of Topliss-reactive ketones (excluding diaryl/α,β-unsaturated/α-hetero) is 1. The Morgan fingerprint density at radius 1 is 1.32 bits per heavy atom. The van der Waals surface area contributed by atoms with Gasteiger partial charge in [0.25, 0.3) is 0 Å². The lowest BCUT2D eigenvalue weighted by molar-refractivity contribution is 0.0949. The van der Waals surface area contributed by atoms with E-state index in [1.165, 1.54) is 24.0 Å². The van der Waals surface area contributed by atoms with E-state index in [1.807, 2.05) is 13.0 Å². The number of fused-ring (bicyclic) bond motifs is 1. The molecule has 1 aliphatic rings. The van der Waals surface area contributed by atoms with Crippen molar-refractivity contribution in [1.82, 2.24) is 5.32 Å². The predicted molar refractivity (Wildman–Crippen MR) is 76.6 cm³/mol. The van der Waals surface area contributed by atoms with Crippen molar-refractivity contribution in [3.63, 3.8) is 0 Å². The first kappa shape index (κ1) is 14.2. The molecule has 0 bridgehead atoms. The summed E-state index contributed by atoms with van der Waals surface area (Å²) in [6.07, 6.45) is 5.42. The van der Waals surface area contributed by atoms with E-state index < -0.39 is 0 Å². The largest absolute Gasteiger partial charge is 0.396 e. The van der Waals surface area contributed by atoms with Crippen LogP contribution in [-0.2, 0) is 12.8 Å². The zero-order valence-corrected chi connectivity index (χ0v) is 11.6. The maximum atomic E-state index is 12.3. The van der Waals surface area contributed by atoms with E-state index in [9.17, 15) is 4.79 Å². The Bertz CT molecular complexity index is 442. The second-order valence-corrected chi connectivity index (χ2v) is 5.31. The van der Waals surface area contributed by atoms with Crippen LogP contribution in [0.1, 0.15) is 47.7 Å². The molecule has 0 fully saturated rings. The number of ketones is 1. The van der Waals surface area contributed by atoms with E-state index in [1.54, 1.807) is 0 Å². The summed E-state index contributed by atoms with van der Waals surface area (Å²) >= 11 is 0. The van der Waals surface area contributed by atoms with Crippen molar-refractivity contribution in [2.24, 2.45) is 0 Å². The Hall–Kier alpha value is -1.19. The average Bonchev–Trinajstić information content (AvgIpc) is 2.46. The smallest absolute Gasteiger partial charge is 0.179 e. The topological polar surface area (TPSA) is 49.3 Å². The number of aliphatic hydroxyl groups excluding tert-OH is 1. The van der Waals surface area contributed by atoms with Crippen LogP contribution in [0.25, 0.3) is 0 Å². The van der Waals surface area contributed by atoms with Crippen LogP contribution < -0.4 is 5.32 Å². The zero-order chi connectivity index (χ0) is 13.7. The summed E-state index contributed by atoms with van der Waals surface area (Å²) in [7, 11) is 0. The van der Waals surface area contributed by atoms with Gasteiger partial charge in [-0.1, -0.05) is 12.1 Å². The van der Waals surface area contributed by atoms with E-state index in [2.05, 4.69) is 17.4 Å². The lowest BCUT2D eigenvalue weighted by atomic mass is 9.89. The average molecular weight is 261 g/mol. The summed E-state index contributed by atoms with van der Waals surface area (Å²) in [5, 5.41) is 11.9. The maximum Gasteiger partial charge on any atom is 0.179 e. The molecule has 0 amide bonds. The van der Waals surface area contributed by atoms with Crippen LogP contribution in [0.15, 0.2) is 18.2 Å². The minimum absolute atomic E-state index is 0.145. The quantitative estimate of drug-likeness (QED) is 0.609. The molecule has 0 saturated carbocycles. The highest BCUT2D eigenvalue weighted by Crippen LogP contribution is 2.22. The molecule has 1 unspecified atom stereocenters. The van der Waals surface area contributed by atoms with Crippen LogP contribution in [0.4, 0.5) is 0 Å². The van der Waals surface area contributed by atoms with Gasteiger partial charge in [-0.3, -0.25) is 4.79 Å². The van der Waals surface area contributed by atoms with Gasteiger partial charge < -0.3 is 10.4 Å². The van der Waals surface area contributed by atoms with E-state index in [0.29, 0.717) is 13.0 Å². The molecule has 1 aromatic rings. The molecule has 19 heavy (non-hydrogen) atoms. The summed E-state index contributed by atoms with van der Waals surface area (Å²) in [4.78, 5) is 12.3. The lowest BCUT2D eigenvalue weighted by Gasteiger charge is -2.18. The molecular weight excluding hydrogens is 238 g/mol. The van der Waals surface area contributed by atoms with Crippen molar-refractivity contribution in [3.8, 4) is 0 Å². The minimum atomic E-state index is -0.187. The monoisotopic (exact) mass is 261 g/mol. The summed E-state index contributed by atoms with van der Waals surface area (Å²) in [6, 6.07) is 5.95. The Morgan fingerprint density at radius 2 is 2.05 bits per heavy atom. The maximum absolute atomic E-state index is 12.3. The third-order valence-corrected chi connectivity index (χ3v) is 3.81. The Morgan fingerprint density at radius 3 is 2.79 bits per heavy atom. The van der Waals surface area contributed by atoms with Crippen molar-refractivity contribution in [3.05, 3.63) is 34.9 Å². The predicted octanol–water partition coefficient (Wildman–Crippen LogP) is 2.11. The highest BCUT2D eigenvalue weighted by atomic mass is 16.3. The molecule has 1 atom stereocenters. The normalized spacial score (nSPS) is 15.9. The first-order valence-electron chi connectivity index (χ1n) is 7.22. The van der Waals surface area contributed by atoms with Gasteiger partial charge in [0.2, 0.25) is 0 Å². The molecule has 3 nitrogen and oxygen atoms in total. The van der Waals surface area contributed by atoms with Crippen LogP contribution in [0, 0.1) is 0 Å². The first-order chi connectivity index (χ1) is 9.22. The molecule has 0 saturated heterocycles. The number of nitrogens with one attached hydrogen (secondary N) is 1. The molecule has 0 radical (unpaired) electrons. The van der Waals surface area contributed by atoms with Gasteiger partial charge in [-0.15, -0.1) is 0 Å². The van der Waals surface area contributed by atoms with Crippen LogP contribution in [0.5, 0.6) is 0 Å². The number of rotatable bonds is 6. The fourth-order valence-corrected chi connectivity index (χ4v) is 2.63. The molecule has 104 valence electrons. The molecule has 0 spiro atoms. The SMILES string of the molecule is CC(NCCCO)C(=O)c1ccc2c(c1)CCCC2. The lowest BCUT2D eigenvalue weighted by Crippen LogP contribution is -2.35. The highest BCUT2D eigenvalue weighted by molar-refractivity contribution is 6.00. The van der Waals surface area contributed by atoms with Crippen molar-refractivity contribution in [2.45, 2.75) is 45.1 Å². The molecule has 3 heteroatoms. The summed E-state index contributed by atoms with van der Waals surface area (Å²) in [5.41, 5.74) is 3.56. The third-order valence-electron chi connectivity index (χ3n) is 3.81. The third kappa shape index (κ3) is 3.64. The van der Waals surface area contributed by atoms with Gasteiger partial charge in [0.15, 0.2) is 5.78 Å². The second kappa shape index (κ2) is 6.83. The van der Waals surface area contributed by atoms with Crippen molar-refractivity contribution in [2.75, 3.05) is 13.2 Å². The second-order valence-electron chi connectivity index (χ2n) is 5.31. The minimum Gasteiger partial charge on any atom is -0.396 e. The van der Waals surface area contributed by atoms with Crippen molar-refractivity contribution in [1.29, 1.82) is 0 Å². The molecule has 1 aliphatic carbocycles. The number of aliphatic hydroxyl groups is 1. The number of hydrogen-bond acceptors (Lipinski definition) is 3. The molecule has 1 aromatic carbocycles. The van der Waals surface area contributed by atoms with Crippen LogP contribution in [-0.4, -0.2) is 30.1 Å². The zero-order valence-electron chi connectivity index (χ0n) is 11.6. The first-order valence-corrected chi connectivity index (χ1v) is 7.22. The number of carbonyl (C=O) groups excluding carboxylic acids is 1. The standard InChI is InChI=1S/C16H23NO2/c1-12(17-9-4-10-18)16(19)15-8-7-13-5-2-3-6-14(13)11-15/h7-8,11-12,17-18H,2-6,9-10H2,1H3. The summed E-state index contributed by atoms with van der Waals surface area (Å²) in [5.74, 6) is 0.145. The molecule has 0 aromatic heterocycles. The Labute approximate surface area is 115 Å². The van der Waals surface area contributed by atoms with Crippen LogP contribution in [0.3, 0.4) is 0 Å². The van der Waals surface area contributed by atoms with Gasteiger partial charge in [0.05, 0.1) is 6.04 Å². The van der Waals surface area contributed by atoms with E-state index >= 15 is 0 Å². The molecule has 2 N–H and O–H groups in total. The van der Waals surface area contributed by atoms with Gasteiger partial charge in [0, 0.05) is 12.2 Å². The van der Waals surface area contributed by atoms with Crippen molar-refractivity contribution >= 4 is 5.78 Å². The number of aryl methyl sites for hydroxylation is 2. The molecular formula is C16H23NO2. The number of benzene rings is 1. The van der Waals surface area contributed by atoms with Gasteiger partial charge in [-0.05, 0) is 62.8 Å². The molecule has 2 rings (SSSR count). The van der Waals surface area contributed by atoms with E-state index in [-0.39, 0.29) is 18.4 Å². The summed E-state index contributed by atoms with van der Waals surface area (Å²) < 4.78 is 0. The van der Waals surface area contributed by atoms with Gasteiger partial charge in [0.1, 0.15) is 0 Å². The number of hydrogen-bond donors (Lipinski definition) is 2. The van der Waals surface area contributed by atoms with Crippen molar-refractivity contribution < 1.29 is 9.90 Å².